The maximum atomic E-state index is 12.9. The van der Waals surface area contributed by atoms with Crippen molar-refractivity contribution in [3.63, 3.8) is 0 Å². The second-order valence-electron chi connectivity index (χ2n) is 4.97. The van der Waals surface area contributed by atoms with Gasteiger partial charge in [0.25, 0.3) is 6.43 Å². The van der Waals surface area contributed by atoms with Gasteiger partial charge in [0.05, 0.1) is 11.8 Å². The number of fused-ring (bicyclic) bond motifs is 3. The largest absolute Gasteiger partial charge is 0.386 e. The zero-order valence-electron chi connectivity index (χ0n) is 9.19. The van der Waals surface area contributed by atoms with E-state index in [0.29, 0.717) is 11.3 Å². The lowest BCUT2D eigenvalue weighted by atomic mass is 10.1. The van der Waals surface area contributed by atoms with Gasteiger partial charge in [-0.25, -0.2) is 8.78 Å². The first kappa shape index (κ1) is 10.2. The summed E-state index contributed by atoms with van der Waals surface area (Å²) in [6, 6.07) is 0.00778. The molecule has 2 aliphatic rings. The number of nitrogens with zero attached hydrogens (tertiary/aromatic N) is 2. The van der Waals surface area contributed by atoms with Gasteiger partial charge in [-0.15, -0.1) is 0 Å². The Bertz CT molecular complexity index is 419. The maximum Gasteiger partial charge on any atom is 0.282 e. The van der Waals surface area contributed by atoms with Crippen molar-refractivity contribution in [1.29, 1.82) is 0 Å². The van der Waals surface area contributed by atoms with Gasteiger partial charge >= 0.3 is 0 Å². The van der Waals surface area contributed by atoms with Crippen LogP contribution >= 0.6 is 0 Å². The summed E-state index contributed by atoms with van der Waals surface area (Å²) in [6.45, 7) is 3.78. The Labute approximate surface area is 92.1 Å². The van der Waals surface area contributed by atoms with E-state index in [-0.39, 0.29) is 23.6 Å². The van der Waals surface area contributed by atoms with Crippen LogP contribution in [-0.4, -0.2) is 14.9 Å². The Morgan fingerprint density at radius 2 is 2.12 bits per heavy atom. The van der Waals surface area contributed by atoms with E-state index in [1.54, 1.807) is 4.68 Å². The predicted octanol–water partition coefficient (Wildman–Crippen LogP) is 2.55. The van der Waals surface area contributed by atoms with Crippen molar-refractivity contribution in [3.8, 4) is 0 Å². The molecule has 3 rings (SSSR count). The third-order valence-electron chi connectivity index (χ3n) is 3.61. The molecule has 2 aliphatic carbocycles. The smallest absolute Gasteiger partial charge is 0.282 e. The van der Waals surface area contributed by atoms with Crippen molar-refractivity contribution in [1.82, 2.24) is 9.78 Å². The Morgan fingerprint density at radius 3 is 2.69 bits per heavy atom. The van der Waals surface area contributed by atoms with Crippen LogP contribution in [0.2, 0.25) is 0 Å². The average molecular weight is 228 g/mol. The zero-order chi connectivity index (χ0) is 11.6. The summed E-state index contributed by atoms with van der Waals surface area (Å²) in [5, 5.41) is 14.0. The summed E-state index contributed by atoms with van der Waals surface area (Å²) in [5.74, 6) is 0.289. The Kier molecular flexibility index (Phi) is 1.93. The summed E-state index contributed by atoms with van der Waals surface area (Å²) in [4.78, 5) is 0. The van der Waals surface area contributed by atoms with E-state index >= 15 is 0 Å². The first-order valence-corrected chi connectivity index (χ1v) is 5.60. The van der Waals surface area contributed by atoms with Crippen LogP contribution in [0.5, 0.6) is 0 Å². The van der Waals surface area contributed by atoms with Gasteiger partial charge in [-0.1, -0.05) is 0 Å². The SMILES string of the molecule is CC(C)n1nc(C(F)F)c2c1C(O)C1CC21. The van der Waals surface area contributed by atoms with Crippen molar-refractivity contribution in [2.75, 3.05) is 0 Å². The fourth-order valence-electron chi connectivity index (χ4n) is 2.81. The van der Waals surface area contributed by atoms with Crippen LogP contribution in [0.15, 0.2) is 0 Å². The maximum absolute atomic E-state index is 12.9. The lowest BCUT2D eigenvalue weighted by Gasteiger charge is -2.13. The molecule has 3 atom stereocenters. The van der Waals surface area contributed by atoms with Crippen LogP contribution in [0.3, 0.4) is 0 Å². The topological polar surface area (TPSA) is 38.0 Å². The molecule has 88 valence electrons. The fourth-order valence-corrected chi connectivity index (χ4v) is 2.81. The highest BCUT2D eigenvalue weighted by atomic mass is 19.3. The molecule has 0 aromatic carbocycles. The van der Waals surface area contributed by atoms with Gasteiger partial charge in [-0.05, 0) is 32.1 Å². The van der Waals surface area contributed by atoms with Gasteiger partial charge < -0.3 is 5.11 Å². The molecule has 3 nitrogen and oxygen atoms in total. The van der Waals surface area contributed by atoms with Crippen LogP contribution in [-0.2, 0) is 0 Å². The third-order valence-corrected chi connectivity index (χ3v) is 3.61. The molecule has 1 aromatic rings. The number of rotatable bonds is 2. The monoisotopic (exact) mass is 228 g/mol. The molecule has 3 unspecified atom stereocenters. The fraction of sp³-hybridized carbons (Fsp3) is 0.727. The first-order chi connectivity index (χ1) is 7.52. The van der Waals surface area contributed by atoms with Gasteiger partial charge in [0, 0.05) is 11.6 Å². The number of aliphatic hydroxyl groups is 1. The minimum absolute atomic E-state index is 0.00778. The van der Waals surface area contributed by atoms with Crippen molar-refractivity contribution in [2.45, 2.75) is 44.8 Å². The number of hydrogen-bond acceptors (Lipinski definition) is 2. The van der Waals surface area contributed by atoms with E-state index in [4.69, 9.17) is 0 Å². The van der Waals surface area contributed by atoms with Crippen LogP contribution < -0.4 is 0 Å². The van der Waals surface area contributed by atoms with Gasteiger partial charge in [0.2, 0.25) is 0 Å². The molecule has 0 spiro atoms. The second kappa shape index (κ2) is 3.03. The quantitative estimate of drug-likeness (QED) is 0.844. The highest BCUT2D eigenvalue weighted by Crippen LogP contribution is 2.63. The first-order valence-electron chi connectivity index (χ1n) is 5.60. The van der Waals surface area contributed by atoms with Gasteiger partial charge in [0.1, 0.15) is 5.69 Å². The van der Waals surface area contributed by atoms with E-state index in [1.807, 2.05) is 13.8 Å². The van der Waals surface area contributed by atoms with Gasteiger partial charge in [0.15, 0.2) is 0 Å². The number of halogens is 2. The lowest BCUT2D eigenvalue weighted by Crippen LogP contribution is -2.11. The molecule has 5 heteroatoms. The number of aromatic nitrogens is 2. The number of aliphatic hydroxyl groups excluding tert-OH is 1. The standard InChI is InChI=1S/C11H14F2N2O/c1-4(2)15-9-7(8(14-15)11(12)13)5-3-6(5)10(9)16/h4-6,10-11,16H,3H2,1-2H3. The number of hydrogen-bond donors (Lipinski definition) is 1. The normalized spacial score (nSPS) is 31.1. The van der Waals surface area contributed by atoms with Crippen LogP contribution in [0.25, 0.3) is 0 Å². The van der Waals surface area contributed by atoms with Gasteiger partial charge in [-0.3, -0.25) is 4.68 Å². The lowest BCUT2D eigenvalue weighted by molar-refractivity contribution is 0.140. The van der Waals surface area contributed by atoms with Crippen LogP contribution in [0, 0.1) is 5.92 Å². The van der Waals surface area contributed by atoms with E-state index in [0.717, 1.165) is 6.42 Å². The summed E-state index contributed by atoms with van der Waals surface area (Å²) < 4.78 is 27.3. The molecule has 0 bridgehead atoms. The molecule has 16 heavy (non-hydrogen) atoms. The minimum Gasteiger partial charge on any atom is -0.386 e. The van der Waals surface area contributed by atoms with E-state index in [2.05, 4.69) is 5.10 Å². The molecular weight excluding hydrogens is 214 g/mol. The molecule has 0 aliphatic heterocycles. The number of alkyl halides is 2. The molecule has 1 heterocycles. The van der Waals surface area contributed by atoms with E-state index < -0.39 is 12.5 Å². The second-order valence-corrected chi connectivity index (χ2v) is 4.97. The Balaban J connectivity index is 2.17. The molecule has 1 aromatic heterocycles. The molecule has 0 radical (unpaired) electrons. The average Bonchev–Trinajstić information content (AvgIpc) is 2.79. The molecule has 1 fully saturated rings. The predicted molar refractivity (Wildman–Crippen MR) is 53.4 cm³/mol. The van der Waals surface area contributed by atoms with Crippen molar-refractivity contribution < 1.29 is 13.9 Å². The minimum atomic E-state index is -2.54. The van der Waals surface area contributed by atoms with Crippen molar-refractivity contribution in [3.05, 3.63) is 17.0 Å². The molecule has 0 saturated heterocycles. The molecule has 1 N–H and O–H groups in total. The van der Waals surface area contributed by atoms with Crippen LogP contribution in [0.4, 0.5) is 8.78 Å². The highest BCUT2D eigenvalue weighted by Gasteiger charge is 2.56. The molecule has 1 saturated carbocycles. The Hall–Kier alpha value is -0.970. The summed E-state index contributed by atoms with van der Waals surface area (Å²) in [5.41, 5.74) is 1.14. The summed E-state index contributed by atoms with van der Waals surface area (Å²) >= 11 is 0. The highest BCUT2D eigenvalue weighted by molar-refractivity contribution is 5.44. The van der Waals surface area contributed by atoms with E-state index in [9.17, 15) is 13.9 Å². The third kappa shape index (κ3) is 1.12. The Morgan fingerprint density at radius 1 is 1.44 bits per heavy atom. The molecule has 0 amide bonds. The summed E-state index contributed by atoms with van der Waals surface area (Å²) in [7, 11) is 0. The van der Waals surface area contributed by atoms with Crippen molar-refractivity contribution in [2.24, 2.45) is 5.92 Å². The molecular formula is C11H14F2N2O. The summed E-state index contributed by atoms with van der Waals surface area (Å²) in [6.07, 6.45) is -2.31. The van der Waals surface area contributed by atoms with E-state index in [1.165, 1.54) is 0 Å². The van der Waals surface area contributed by atoms with Gasteiger partial charge in [-0.2, -0.15) is 5.10 Å². The van der Waals surface area contributed by atoms with Crippen LogP contribution in [0.1, 0.15) is 61.7 Å². The zero-order valence-corrected chi connectivity index (χ0v) is 9.19. The van der Waals surface area contributed by atoms with Crippen molar-refractivity contribution >= 4 is 0 Å².